The summed E-state index contributed by atoms with van der Waals surface area (Å²) in [5, 5.41) is 0. The molecule has 2 fully saturated rings. The molecule has 2 rings (SSSR count). The molecular formula is C14H24O2. The van der Waals surface area contributed by atoms with Gasteiger partial charge in [-0.3, -0.25) is 4.79 Å². The molecule has 0 aromatic carbocycles. The van der Waals surface area contributed by atoms with E-state index in [9.17, 15) is 4.79 Å². The molecule has 1 heterocycles. The summed E-state index contributed by atoms with van der Waals surface area (Å²) in [6, 6.07) is 0. The number of hydrogen-bond acceptors (Lipinski definition) is 2. The Kier molecular flexibility index (Phi) is 4.39. The molecule has 1 aliphatic carbocycles. The van der Waals surface area contributed by atoms with E-state index in [-0.39, 0.29) is 5.92 Å². The second-order valence-corrected chi connectivity index (χ2v) is 5.45. The second kappa shape index (κ2) is 5.81. The Morgan fingerprint density at radius 2 is 2.00 bits per heavy atom. The highest BCUT2D eigenvalue weighted by atomic mass is 16.5. The van der Waals surface area contributed by atoms with Crippen molar-refractivity contribution in [2.24, 2.45) is 17.8 Å². The minimum atomic E-state index is 0.217. The molecule has 3 unspecified atom stereocenters. The van der Waals surface area contributed by atoms with Crippen LogP contribution in [-0.4, -0.2) is 19.0 Å². The van der Waals surface area contributed by atoms with E-state index in [1.54, 1.807) is 0 Å². The smallest absolute Gasteiger partial charge is 0.141 e. The zero-order chi connectivity index (χ0) is 11.4. The van der Waals surface area contributed by atoms with Crippen LogP contribution in [-0.2, 0) is 9.53 Å². The van der Waals surface area contributed by atoms with Gasteiger partial charge in [0.2, 0.25) is 0 Å². The highest BCUT2D eigenvalue weighted by Crippen LogP contribution is 2.34. The van der Waals surface area contributed by atoms with Crippen LogP contribution in [0.2, 0.25) is 0 Å². The Morgan fingerprint density at radius 3 is 2.69 bits per heavy atom. The molecule has 0 aromatic heterocycles. The van der Waals surface area contributed by atoms with Crippen LogP contribution >= 0.6 is 0 Å². The van der Waals surface area contributed by atoms with E-state index in [4.69, 9.17) is 4.74 Å². The van der Waals surface area contributed by atoms with Gasteiger partial charge in [0.05, 0.1) is 6.61 Å². The Morgan fingerprint density at radius 1 is 1.19 bits per heavy atom. The summed E-state index contributed by atoms with van der Waals surface area (Å²) >= 11 is 0. The highest BCUT2D eigenvalue weighted by molar-refractivity contribution is 5.83. The molecule has 1 saturated heterocycles. The van der Waals surface area contributed by atoms with Gasteiger partial charge in [0.1, 0.15) is 5.78 Å². The zero-order valence-electron chi connectivity index (χ0n) is 10.4. The van der Waals surface area contributed by atoms with Gasteiger partial charge in [-0.05, 0) is 31.6 Å². The minimum absolute atomic E-state index is 0.217. The SMILES string of the molecule is CCC1CCCC(C(=O)C2CCCOC2)C1. The Hall–Kier alpha value is -0.370. The van der Waals surface area contributed by atoms with Crippen molar-refractivity contribution in [3.8, 4) is 0 Å². The third kappa shape index (κ3) is 2.85. The molecule has 1 saturated carbocycles. The minimum Gasteiger partial charge on any atom is -0.381 e. The van der Waals surface area contributed by atoms with Crippen LogP contribution in [0, 0.1) is 17.8 Å². The molecule has 0 spiro atoms. The molecule has 0 radical (unpaired) electrons. The standard InChI is InChI=1S/C14H24O2/c1-2-11-5-3-6-12(9-11)14(15)13-7-4-8-16-10-13/h11-13H,2-10H2,1H3. The lowest BCUT2D eigenvalue weighted by molar-refractivity contribution is -0.132. The first-order chi connectivity index (χ1) is 7.81. The van der Waals surface area contributed by atoms with Crippen molar-refractivity contribution < 1.29 is 9.53 Å². The largest absolute Gasteiger partial charge is 0.381 e. The molecule has 2 aliphatic rings. The van der Waals surface area contributed by atoms with Crippen LogP contribution in [0.3, 0.4) is 0 Å². The number of rotatable bonds is 3. The van der Waals surface area contributed by atoms with E-state index in [0.717, 1.165) is 38.2 Å². The van der Waals surface area contributed by atoms with E-state index < -0.39 is 0 Å². The van der Waals surface area contributed by atoms with E-state index in [1.165, 1.54) is 19.3 Å². The molecular weight excluding hydrogens is 200 g/mol. The molecule has 0 aromatic rings. The van der Waals surface area contributed by atoms with Crippen molar-refractivity contribution >= 4 is 5.78 Å². The molecule has 16 heavy (non-hydrogen) atoms. The lowest BCUT2D eigenvalue weighted by Crippen LogP contribution is -2.33. The number of carbonyl (C=O) groups excluding carboxylic acids is 1. The number of ether oxygens (including phenoxy) is 1. The molecule has 3 atom stereocenters. The van der Waals surface area contributed by atoms with Crippen molar-refractivity contribution in [3.63, 3.8) is 0 Å². The topological polar surface area (TPSA) is 26.3 Å². The summed E-state index contributed by atoms with van der Waals surface area (Å²) in [5.41, 5.74) is 0. The highest BCUT2D eigenvalue weighted by Gasteiger charge is 2.31. The monoisotopic (exact) mass is 224 g/mol. The number of hydrogen-bond donors (Lipinski definition) is 0. The maximum Gasteiger partial charge on any atom is 0.141 e. The first kappa shape index (κ1) is 12.1. The molecule has 1 aliphatic heterocycles. The van der Waals surface area contributed by atoms with Gasteiger partial charge in [-0.1, -0.05) is 26.2 Å². The van der Waals surface area contributed by atoms with Gasteiger partial charge in [0, 0.05) is 18.4 Å². The fourth-order valence-corrected chi connectivity index (χ4v) is 3.22. The van der Waals surface area contributed by atoms with Crippen molar-refractivity contribution in [2.75, 3.05) is 13.2 Å². The summed E-state index contributed by atoms with van der Waals surface area (Å²) in [6.45, 7) is 3.79. The van der Waals surface area contributed by atoms with Gasteiger partial charge in [0.25, 0.3) is 0 Å². The van der Waals surface area contributed by atoms with E-state index in [0.29, 0.717) is 18.3 Å². The van der Waals surface area contributed by atoms with Gasteiger partial charge in [-0.15, -0.1) is 0 Å². The quantitative estimate of drug-likeness (QED) is 0.736. The molecule has 2 nitrogen and oxygen atoms in total. The Labute approximate surface area is 98.7 Å². The van der Waals surface area contributed by atoms with E-state index in [2.05, 4.69) is 6.92 Å². The average molecular weight is 224 g/mol. The van der Waals surface area contributed by atoms with Gasteiger partial charge in [0.15, 0.2) is 0 Å². The first-order valence-electron chi connectivity index (χ1n) is 6.92. The van der Waals surface area contributed by atoms with Crippen LogP contribution in [0.25, 0.3) is 0 Å². The molecule has 92 valence electrons. The van der Waals surface area contributed by atoms with Crippen LogP contribution < -0.4 is 0 Å². The first-order valence-corrected chi connectivity index (χ1v) is 6.92. The Bertz CT molecular complexity index is 231. The van der Waals surface area contributed by atoms with Gasteiger partial charge < -0.3 is 4.74 Å². The number of carbonyl (C=O) groups is 1. The third-order valence-electron chi connectivity index (χ3n) is 4.33. The lowest BCUT2D eigenvalue weighted by atomic mass is 9.75. The zero-order valence-corrected chi connectivity index (χ0v) is 10.4. The lowest BCUT2D eigenvalue weighted by Gasteiger charge is -2.31. The summed E-state index contributed by atoms with van der Waals surface area (Å²) < 4.78 is 5.43. The fraction of sp³-hybridized carbons (Fsp3) is 0.929. The summed E-state index contributed by atoms with van der Waals surface area (Å²) in [6.07, 6.45) is 8.24. The summed E-state index contributed by atoms with van der Waals surface area (Å²) in [4.78, 5) is 12.3. The number of ketones is 1. The van der Waals surface area contributed by atoms with Gasteiger partial charge in [-0.2, -0.15) is 0 Å². The predicted molar refractivity (Wildman–Crippen MR) is 64.3 cm³/mol. The van der Waals surface area contributed by atoms with Gasteiger partial charge >= 0.3 is 0 Å². The van der Waals surface area contributed by atoms with Crippen molar-refractivity contribution in [1.82, 2.24) is 0 Å². The van der Waals surface area contributed by atoms with Gasteiger partial charge in [-0.25, -0.2) is 0 Å². The molecule has 2 heteroatoms. The van der Waals surface area contributed by atoms with Crippen LogP contribution in [0.15, 0.2) is 0 Å². The number of Topliss-reactive ketones (excluding diaryl/α,β-unsaturated/α-hetero) is 1. The maximum absolute atomic E-state index is 12.3. The Balaban J connectivity index is 1.87. The second-order valence-electron chi connectivity index (χ2n) is 5.45. The molecule has 0 N–H and O–H groups in total. The van der Waals surface area contributed by atoms with Crippen molar-refractivity contribution in [2.45, 2.75) is 51.9 Å². The van der Waals surface area contributed by atoms with Crippen molar-refractivity contribution in [1.29, 1.82) is 0 Å². The van der Waals surface area contributed by atoms with E-state index >= 15 is 0 Å². The summed E-state index contributed by atoms with van der Waals surface area (Å²) in [7, 11) is 0. The molecule has 0 bridgehead atoms. The molecule has 0 amide bonds. The predicted octanol–water partition coefficient (Wildman–Crippen LogP) is 3.20. The summed E-state index contributed by atoms with van der Waals surface area (Å²) in [5.74, 6) is 1.88. The van der Waals surface area contributed by atoms with Crippen LogP contribution in [0.4, 0.5) is 0 Å². The normalized spacial score (nSPS) is 35.9. The average Bonchev–Trinajstić information content (AvgIpc) is 2.39. The maximum atomic E-state index is 12.3. The third-order valence-corrected chi connectivity index (χ3v) is 4.33. The van der Waals surface area contributed by atoms with Crippen molar-refractivity contribution in [3.05, 3.63) is 0 Å². The van der Waals surface area contributed by atoms with Crippen LogP contribution in [0.5, 0.6) is 0 Å². The van der Waals surface area contributed by atoms with Crippen LogP contribution in [0.1, 0.15) is 51.9 Å². The van der Waals surface area contributed by atoms with E-state index in [1.807, 2.05) is 0 Å². The fourth-order valence-electron chi connectivity index (χ4n) is 3.22.